The molecule has 0 aliphatic carbocycles. The van der Waals surface area contributed by atoms with Gasteiger partial charge in [0.1, 0.15) is 6.04 Å². The second-order valence-electron chi connectivity index (χ2n) is 4.91. The summed E-state index contributed by atoms with van der Waals surface area (Å²) >= 11 is 0. The molecule has 5 heteroatoms. The van der Waals surface area contributed by atoms with E-state index in [1.54, 1.807) is 0 Å². The highest BCUT2D eigenvalue weighted by Crippen LogP contribution is 2.28. The van der Waals surface area contributed by atoms with Gasteiger partial charge in [-0.25, -0.2) is 0 Å². The van der Waals surface area contributed by atoms with Gasteiger partial charge in [0.05, 0.1) is 6.04 Å². The number of aromatic nitrogens is 1. The third-order valence-electron chi connectivity index (χ3n) is 3.72. The Morgan fingerprint density at radius 3 is 2.84 bits per heavy atom. The van der Waals surface area contributed by atoms with Crippen LogP contribution in [-0.4, -0.2) is 34.8 Å². The topological polar surface area (TPSA) is 66.3 Å². The second kappa shape index (κ2) is 4.68. The van der Waals surface area contributed by atoms with Gasteiger partial charge in [-0.3, -0.25) is 4.79 Å². The summed E-state index contributed by atoms with van der Waals surface area (Å²) in [6.07, 6.45) is 2.02. The third-order valence-corrected chi connectivity index (χ3v) is 3.72. The minimum Gasteiger partial charge on any atom is -0.480 e. The maximum absolute atomic E-state index is 11.4. The van der Waals surface area contributed by atoms with Gasteiger partial charge in [-0.2, -0.15) is 0 Å². The van der Waals surface area contributed by atoms with Crippen molar-refractivity contribution in [3.63, 3.8) is 0 Å². The van der Waals surface area contributed by atoms with E-state index in [0.29, 0.717) is 6.54 Å². The average molecular weight is 259 g/mol. The predicted octanol–water partition coefficient (Wildman–Crippen LogP) is 0.865. The standard InChI is InChI=1S/C14H17N3O2/c1-17-8-10(9-4-2-3-5-11(9)17)12-13(14(18)19)16-7-6-15-12/h2-5,8,12-13,15-16H,6-7H2,1H3,(H,18,19). The second-order valence-corrected chi connectivity index (χ2v) is 4.91. The molecule has 1 aliphatic rings. The van der Waals surface area contributed by atoms with E-state index in [9.17, 15) is 9.90 Å². The Bertz CT molecular complexity index is 620. The lowest BCUT2D eigenvalue weighted by Gasteiger charge is -2.30. The molecule has 1 aromatic heterocycles. The van der Waals surface area contributed by atoms with Gasteiger partial charge in [-0.05, 0) is 11.6 Å². The van der Waals surface area contributed by atoms with E-state index in [2.05, 4.69) is 10.6 Å². The molecular formula is C14H17N3O2. The molecule has 2 heterocycles. The fourth-order valence-corrected chi connectivity index (χ4v) is 2.83. The van der Waals surface area contributed by atoms with Crippen LogP contribution < -0.4 is 10.6 Å². The number of benzene rings is 1. The number of carboxylic acids is 1. The maximum Gasteiger partial charge on any atom is 0.322 e. The third kappa shape index (κ3) is 2.01. The van der Waals surface area contributed by atoms with Gasteiger partial charge in [0.25, 0.3) is 0 Å². The van der Waals surface area contributed by atoms with Crippen molar-refractivity contribution in [1.82, 2.24) is 15.2 Å². The van der Waals surface area contributed by atoms with Crippen LogP contribution in [0.25, 0.3) is 10.9 Å². The highest BCUT2D eigenvalue weighted by Gasteiger charge is 2.33. The van der Waals surface area contributed by atoms with E-state index in [4.69, 9.17) is 0 Å². The van der Waals surface area contributed by atoms with Crippen molar-refractivity contribution < 1.29 is 9.90 Å². The van der Waals surface area contributed by atoms with Crippen molar-refractivity contribution in [2.75, 3.05) is 13.1 Å². The molecule has 1 aliphatic heterocycles. The molecule has 1 fully saturated rings. The van der Waals surface area contributed by atoms with Crippen molar-refractivity contribution in [2.24, 2.45) is 7.05 Å². The first-order chi connectivity index (χ1) is 9.18. The van der Waals surface area contributed by atoms with E-state index < -0.39 is 12.0 Å². The summed E-state index contributed by atoms with van der Waals surface area (Å²) in [6, 6.07) is 7.28. The smallest absolute Gasteiger partial charge is 0.322 e. The van der Waals surface area contributed by atoms with Gasteiger partial charge in [-0.15, -0.1) is 0 Å². The van der Waals surface area contributed by atoms with Crippen LogP contribution in [0.4, 0.5) is 0 Å². The van der Waals surface area contributed by atoms with E-state index >= 15 is 0 Å². The molecule has 3 N–H and O–H groups in total. The van der Waals surface area contributed by atoms with Crippen LogP contribution >= 0.6 is 0 Å². The minimum atomic E-state index is -0.815. The summed E-state index contributed by atoms with van der Waals surface area (Å²) in [4.78, 5) is 11.4. The number of nitrogens with one attached hydrogen (secondary N) is 2. The fourth-order valence-electron chi connectivity index (χ4n) is 2.83. The summed E-state index contributed by atoms with van der Waals surface area (Å²) < 4.78 is 2.04. The van der Waals surface area contributed by atoms with E-state index in [-0.39, 0.29) is 6.04 Å². The SMILES string of the molecule is Cn1cc(C2NCCNC2C(=O)O)c2ccccc21. The lowest BCUT2D eigenvalue weighted by Crippen LogP contribution is -2.54. The lowest BCUT2D eigenvalue weighted by molar-refractivity contribution is -0.140. The Labute approximate surface area is 111 Å². The first-order valence-electron chi connectivity index (χ1n) is 6.42. The molecule has 0 bridgehead atoms. The van der Waals surface area contributed by atoms with Crippen molar-refractivity contribution in [3.8, 4) is 0 Å². The van der Waals surface area contributed by atoms with Gasteiger partial charge in [0, 0.05) is 37.2 Å². The van der Waals surface area contributed by atoms with Crippen LogP contribution in [0.2, 0.25) is 0 Å². The quantitative estimate of drug-likeness (QED) is 0.748. The average Bonchev–Trinajstić information content (AvgIpc) is 2.77. The van der Waals surface area contributed by atoms with E-state index in [1.165, 1.54) is 0 Å². The number of aryl methyl sites for hydroxylation is 1. The first kappa shape index (κ1) is 12.2. The van der Waals surface area contributed by atoms with Crippen molar-refractivity contribution in [2.45, 2.75) is 12.1 Å². The Kier molecular flexibility index (Phi) is 3.00. The molecule has 0 spiro atoms. The molecule has 2 atom stereocenters. The van der Waals surface area contributed by atoms with Crippen molar-refractivity contribution >= 4 is 16.9 Å². The molecule has 1 aromatic carbocycles. The number of aliphatic carboxylic acids is 1. The van der Waals surface area contributed by atoms with E-state index in [0.717, 1.165) is 23.0 Å². The molecule has 19 heavy (non-hydrogen) atoms. The van der Waals surface area contributed by atoms with Crippen molar-refractivity contribution in [1.29, 1.82) is 0 Å². The summed E-state index contributed by atoms with van der Waals surface area (Å²) in [5.41, 5.74) is 2.16. The van der Waals surface area contributed by atoms with Crippen LogP contribution in [0.5, 0.6) is 0 Å². The number of para-hydroxylation sites is 1. The molecule has 2 unspecified atom stereocenters. The summed E-state index contributed by atoms with van der Waals surface area (Å²) in [5, 5.41) is 16.8. The van der Waals surface area contributed by atoms with Crippen LogP contribution in [0.1, 0.15) is 11.6 Å². The normalized spacial score (nSPS) is 23.6. The number of nitrogens with zero attached hydrogens (tertiary/aromatic N) is 1. The van der Waals surface area contributed by atoms with Crippen LogP contribution in [0.15, 0.2) is 30.5 Å². The maximum atomic E-state index is 11.4. The Hall–Kier alpha value is -1.85. The Balaban J connectivity index is 2.09. The van der Waals surface area contributed by atoms with Gasteiger partial charge in [0.15, 0.2) is 0 Å². The number of fused-ring (bicyclic) bond motifs is 1. The van der Waals surface area contributed by atoms with Gasteiger partial charge >= 0.3 is 5.97 Å². The zero-order valence-electron chi connectivity index (χ0n) is 10.8. The zero-order chi connectivity index (χ0) is 13.4. The lowest BCUT2D eigenvalue weighted by atomic mass is 9.97. The molecule has 0 saturated carbocycles. The molecule has 2 aromatic rings. The fraction of sp³-hybridized carbons (Fsp3) is 0.357. The number of rotatable bonds is 2. The summed E-state index contributed by atoms with van der Waals surface area (Å²) in [6.45, 7) is 1.45. The molecule has 3 rings (SSSR count). The molecule has 5 nitrogen and oxygen atoms in total. The van der Waals surface area contributed by atoms with Crippen LogP contribution in [0, 0.1) is 0 Å². The predicted molar refractivity (Wildman–Crippen MR) is 73.1 cm³/mol. The molecule has 100 valence electrons. The first-order valence-corrected chi connectivity index (χ1v) is 6.42. The van der Waals surface area contributed by atoms with Crippen LogP contribution in [-0.2, 0) is 11.8 Å². The number of hydrogen-bond donors (Lipinski definition) is 3. The Morgan fingerprint density at radius 1 is 1.32 bits per heavy atom. The molecule has 1 saturated heterocycles. The highest BCUT2D eigenvalue weighted by atomic mass is 16.4. The molecule has 0 radical (unpaired) electrons. The summed E-state index contributed by atoms with van der Waals surface area (Å²) in [7, 11) is 1.98. The van der Waals surface area contributed by atoms with Gasteiger partial charge < -0.3 is 20.3 Å². The monoisotopic (exact) mass is 259 g/mol. The molecule has 0 amide bonds. The largest absolute Gasteiger partial charge is 0.480 e. The number of carboxylic acid groups (broad SMARTS) is 1. The van der Waals surface area contributed by atoms with Crippen molar-refractivity contribution in [3.05, 3.63) is 36.0 Å². The number of carbonyl (C=O) groups is 1. The number of piperazine rings is 1. The Morgan fingerprint density at radius 2 is 2.05 bits per heavy atom. The van der Waals surface area contributed by atoms with E-state index in [1.807, 2.05) is 42.1 Å². The number of hydrogen-bond acceptors (Lipinski definition) is 3. The molecular weight excluding hydrogens is 242 g/mol. The van der Waals surface area contributed by atoms with Crippen LogP contribution in [0.3, 0.4) is 0 Å². The minimum absolute atomic E-state index is 0.197. The van der Waals surface area contributed by atoms with Gasteiger partial charge in [-0.1, -0.05) is 18.2 Å². The zero-order valence-corrected chi connectivity index (χ0v) is 10.8. The highest BCUT2D eigenvalue weighted by molar-refractivity contribution is 5.86. The van der Waals surface area contributed by atoms with Gasteiger partial charge in [0.2, 0.25) is 0 Å². The summed E-state index contributed by atoms with van der Waals surface area (Å²) in [5.74, 6) is -0.815.